The molecular formula is C14H27NO. The highest BCUT2D eigenvalue weighted by Crippen LogP contribution is 2.27. The van der Waals surface area contributed by atoms with Crippen molar-refractivity contribution in [1.82, 2.24) is 4.90 Å². The molecule has 2 atom stereocenters. The summed E-state index contributed by atoms with van der Waals surface area (Å²) in [6.07, 6.45) is 11.7. The van der Waals surface area contributed by atoms with E-state index in [9.17, 15) is 5.11 Å². The molecule has 2 unspecified atom stereocenters. The second-order valence-corrected chi connectivity index (χ2v) is 5.84. The molecule has 0 aliphatic heterocycles. The standard InChI is InChI=1S/C14H27NO/c1-15(13-8-5-6-9-13)11-12-7-3-2-4-10-14(12)16/h12-14,16H,2-11H2,1H3. The second kappa shape index (κ2) is 6.02. The lowest BCUT2D eigenvalue weighted by atomic mass is 9.96. The third-order valence-electron chi connectivity index (χ3n) is 4.59. The topological polar surface area (TPSA) is 23.5 Å². The van der Waals surface area contributed by atoms with Gasteiger partial charge >= 0.3 is 0 Å². The molecule has 94 valence electrons. The van der Waals surface area contributed by atoms with Gasteiger partial charge < -0.3 is 10.0 Å². The molecule has 2 aliphatic rings. The fourth-order valence-corrected chi connectivity index (χ4v) is 3.44. The van der Waals surface area contributed by atoms with Crippen LogP contribution in [0.2, 0.25) is 0 Å². The van der Waals surface area contributed by atoms with Gasteiger partial charge in [-0.2, -0.15) is 0 Å². The number of aliphatic hydroxyl groups excluding tert-OH is 1. The molecule has 1 N–H and O–H groups in total. The Bertz CT molecular complexity index is 201. The summed E-state index contributed by atoms with van der Waals surface area (Å²) in [5.74, 6) is 0.535. The molecule has 0 amide bonds. The van der Waals surface area contributed by atoms with E-state index in [0.717, 1.165) is 19.0 Å². The van der Waals surface area contributed by atoms with Gasteiger partial charge in [0.1, 0.15) is 0 Å². The summed E-state index contributed by atoms with van der Waals surface area (Å²) in [5, 5.41) is 10.1. The van der Waals surface area contributed by atoms with Gasteiger partial charge in [-0.3, -0.25) is 0 Å². The van der Waals surface area contributed by atoms with Crippen molar-refractivity contribution < 1.29 is 5.11 Å². The third kappa shape index (κ3) is 3.21. The Kier molecular flexibility index (Phi) is 4.66. The van der Waals surface area contributed by atoms with Gasteiger partial charge in [-0.15, -0.1) is 0 Å². The van der Waals surface area contributed by atoms with Crippen molar-refractivity contribution in [3.8, 4) is 0 Å². The number of aliphatic hydroxyl groups is 1. The Morgan fingerprint density at radius 1 is 0.938 bits per heavy atom. The summed E-state index contributed by atoms with van der Waals surface area (Å²) in [5.41, 5.74) is 0. The van der Waals surface area contributed by atoms with Crippen LogP contribution in [0, 0.1) is 5.92 Å². The molecule has 0 heterocycles. The molecule has 2 nitrogen and oxygen atoms in total. The normalized spacial score (nSPS) is 33.2. The Morgan fingerprint density at radius 3 is 2.31 bits per heavy atom. The highest BCUT2D eigenvalue weighted by Gasteiger charge is 2.26. The molecular weight excluding hydrogens is 198 g/mol. The van der Waals surface area contributed by atoms with Crippen LogP contribution >= 0.6 is 0 Å². The first-order valence-corrected chi connectivity index (χ1v) is 7.15. The molecule has 16 heavy (non-hydrogen) atoms. The lowest BCUT2D eigenvalue weighted by Crippen LogP contribution is -2.37. The zero-order valence-corrected chi connectivity index (χ0v) is 10.7. The molecule has 0 aromatic heterocycles. The molecule has 2 saturated carbocycles. The van der Waals surface area contributed by atoms with Crippen LogP contribution in [-0.4, -0.2) is 35.7 Å². The molecule has 2 aliphatic carbocycles. The first-order chi connectivity index (χ1) is 7.77. The first-order valence-electron chi connectivity index (χ1n) is 7.15. The highest BCUT2D eigenvalue weighted by atomic mass is 16.3. The van der Waals surface area contributed by atoms with Crippen LogP contribution in [0.15, 0.2) is 0 Å². The molecule has 2 heteroatoms. The van der Waals surface area contributed by atoms with Crippen molar-refractivity contribution in [2.75, 3.05) is 13.6 Å². The maximum Gasteiger partial charge on any atom is 0.0580 e. The summed E-state index contributed by atoms with van der Waals surface area (Å²) in [6, 6.07) is 0.801. The van der Waals surface area contributed by atoms with E-state index >= 15 is 0 Å². The van der Waals surface area contributed by atoms with Gasteiger partial charge in [-0.25, -0.2) is 0 Å². The molecule has 0 bridgehead atoms. The summed E-state index contributed by atoms with van der Waals surface area (Å²) in [4.78, 5) is 2.52. The van der Waals surface area contributed by atoms with Crippen LogP contribution in [-0.2, 0) is 0 Å². The Hall–Kier alpha value is -0.0800. The molecule has 0 radical (unpaired) electrons. The van der Waals surface area contributed by atoms with E-state index in [1.165, 1.54) is 51.4 Å². The van der Waals surface area contributed by atoms with Crippen molar-refractivity contribution in [2.45, 2.75) is 69.9 Å². The van der Waals surface area contributed by atoms with Crippen LogP contribution in [0.1, 0.15) is 57.8 Å². The number of hydrogen-bond acceptors (Lipinski definition) is 2. The van der Waals surface area contributed by atoms with Crippen molar-refractivity contribution >= 4 is 0 Å². The van der Waals surface area contributed by atoms with Gasteiger partial charge in [0, 0.05) is 12.6 Å². The molecule has 2 fully saturated rings. The minimum absolute atomic E-state index is 0.0358. The fraction of sp³-hybridized carbons (Fsp3) is 1.00. The largest absolute Gasteiger partial charge is 0.393 e. The lowest BCUT2D eigenvalue weighted by molar-refractivity contribution is 0.0698. The van der Waals surface area contributed by atoms with Crippen LogP contribution in [0.5, 0.6) is 0 Å². The molecule has 0 aromatic rings. The van der Waals surface area contributed by atoms with E-state index < -0.39 is 0 Å². The predicted molar refractivity (Wildman–Crippen MR) is 67.5 cm³/mol. The van der Waals surface area contributed by atoms with Crippen LogP contribution in [0.3, 0.4) is 0 Å². The van der Waals surface area contributed by atoms with E-state index in [0.29, 0.717) is 5.92 Å². The molecule has 0 spiro atoms. The smallest absolute Gasteiger partial charge is 0.0580 e. The Balaban J connectivity index is 1.81. The van der Waals surface area contributed by atoms with Gasteiger partial charge in [0.15, 0.2) is 0 Å². The van der Waals surface area contributed by atoms with Crippen molar-refractivity contribution in [2.24, 2.45) is 5.92 Å². The minimum Gasteiger partial charge on any atom is -0.393 e. The second-order valence-electron chi connectivity index (χ2n) is 5.84. The first kappa shape index (κ1) is 12.4. The fourth-order valence-electron chi connectivity index (χ4n) is 3.44. The maximum absolute atomic E-state index is 10.1. The SMILES string of the molecule is CN(CC1CCCCCC1O)C1CCCC1. The van der Waals surface area contributed by atoms with Gasteiger partial charge in [0.25, 0.3) is 0 Å². The zero-order chi connectivity index (χ0) is 11.4. The predicted octanol–water partition coefficient (Wildman–Crippen LogP) is 2.80. The quantitative estimate of drug-likeness (QED) is 0.747. The maximum atomic E-state index is 10.1. The zero-order valence-electron chi connectivity index (χ0n) is 10.7. The average Bonchev–Trinajstić information content (AvgIpc) is 2.73. The van der Waals surface area contributed by atoms with Crippen molar-refractivity contribution in [3.63, 3.8) is 0 Å². The van der Waals surface area contributed by atoms with Crippen LogP contribution in [0.4, 0.5) is 0 Å². The number of hydrogen-bond donors (Lipinski definition) is 1. The number of nitrogens with zero attached hydrogens (tertiary/aromatic N) is 1. The van der Waals surface area contributed by atoms with Gasteiger partial charge in [0.2, 0.25) is 0 Å². The average molecular weight is 225 g/mol. The van der Waals surface area contributed by atoms with Crippen molar-refractivity contribution in [3.05, 3.63) is 0 Å². The van der Waals surface area contributed by atoms with E-state index in [1.54, 1.807) is 0 Å². The van der Waals surface area contributed by atoms with E-state index in [1.807, 2.05) is 0 Å². The lowest BCUT2D eigenvalue weighted by Gasteiger charge is -2.30. The monoisotopic (exact) mass is 225 g/mol. The van der Waals surface area contributed by atoms with Crippen molar-refractivity contribution in [1.29, 1.82) is 0 Å². The molecule has 2 rings (SSSR count). The third-order valence-corrected chi connectivity index (χ3v) is 4.59. The van der Waals surface area contributed by atoms with E-state index in [-0.39, 0.29) is 6.10 Å². The van der Waals surface area contributed by atoms with Gasteiger partial charge in [-0.05, 0) is 38.6 Å². The molecule has 0 aromatic carbocycles. The van der Waals surface area contributed by atoms with Gasteiger partial charge in [-0.1, -0.05) is 32.1 Å². The minimum atomic E-state index is -0.0358. The summed E-state index contributed by atoms with van der Waals surface area (Å²) >= 11 is 0. The summed E-state index contributed by atoms with van der Waals surface area (Å²) in [6.45, 7) is 1.12. The van der Waals surface area contributed by atoms with Crippen LogP contribution in [0.25, 0.3) is 0 Å². The van der Waals surface area contributed by atoms with E-state index in [2.05, 4.69) is 11.9 Å². The van der Waals surface area contributed by atoms with Gasteiger partial charge in [0.05, 0.1) is 6.10 Å². The Labute approximate surface area is 100 Å². The van der Waals surface area contributed by atoms with E-state index in [4.69, 9.17) is 0 Å². The molecule has 0 saturated heterocycles. The highest BCUT2D eigenvalue weighted by molar-refractivity contribution is 4.80. The summed E-state index contributed by atoms with van der Waals surface area (Å²) < 4.78 is 0. The van der Waals surface area contributed by atoms with Crippen LogP contribution < -0.4 is 0 Å². The Morgan fingerprint density at radius 2 is 1.56 bits per heavy atom. The summed E-state index contributed by atoms with van der Waals surface area (Å²) in [7, 11) is 2.26. The number of rotatable bonds is 3.